The Morgan fingerprint density at radius 2 is 1.76 bits per heavy atom. The van der Waals surface area contributed by atoms with Crippen LogP contribution in [0.25, 0.3) is 0 Å². The summed E-state index contributed by atoms with van der Waals surface area (Å²) in [5.41, 5.74) is 0.909. The van der Waals surface area contributed by atoms with Gasteiger partial charge in [-0.1, -0.05) is 6.07 Å². The van der Waals surface area contributed by atoms with E-state index in [1.54, 1.807) is 6.92 Å². The Bertz CT molecular complexity index is 748. The van der Waals surface area contributed by atoms with Crippen LogP contribution in [0.1, 0.15) is 25.5 Å². The van der Waals surface area contributed by atoms with Crippen molar-refractivity contribution in [3.05, 3.63) is 53.8 Å². The van der Waals surface area contributed by atoms with Crippen LogP contribution in [0, 0.1) is 5.82 Å². The van der Waals surface area contributed by atoms with Crippen LogP contribution in [0.15, 0.2) is 42.5 Å². The molecule has 6 heteroatoms. The van der Waals surface area contributed by atoms with Crippen LogP contribution in [-0.2, 0) is 4.79 Å². The molecule has 0 bridgehead atoms. The summed E-state index contributed by atoms with van der Waals surface area (Å²) in [5, 5.41) is 2.90. The van der Waals surface area contributed by atoms with Crippen molar-refractivity contribution in [2.75, 3.05) is 13.2 Å². The summed E-state index contributed by atoms with van der Waals surface area (Å²) in [4.78, 5) is 12.3. The third-order valence-corrected chi connectivity index (χ3v) is 3.92. The zero-order valence-electron chi connectivity index (χ0n) is 14.1. The molecule has 0 saturated carbocycles. The molecular formula is C19H20FNO4. The highest BCUT2D eigenvalue weighted by Gasteiger charge is 2.19. The Kier molecular flexibility index (Phi) is 5.07. The first-order valence-corrected chi connectivity index (χ1v) is 8.15. The molecule has 132 valence electrons. The van der Waals surface area contributed by atoms with Gasteiger partial charge in [-0.2, -0.15) is 0 Å². The number of hydrogen-bond donors (Lipinski definition) is 1. The lowest BCUT2D eigenvalue weighted by Gasteiger charge is -2.22. The summed E-state index contributed by atoms with van der Waals surface area (Å²) in [6.07, 6.45) is -0.704. The van der Waals surface area contributed by atoms with Gasteiger partial charge in [0.2, 0.25) is 0 Å². The standard InChI is InChI=1S/C19H20FNO4/c1-12(14-3-8-17-18(11-14)24-10-9-23-17)21-19(22)13(2)25-16-6-4-15(20)5-7-16/h3-8,11-13H,9-10H2,1-2H3,(H,21,22)/t12-,13-/m0/s1. The van der Waals surface area contributed by atoms with E-state index in [-0.39, 0.29) is 17.8 Å². The SMILES string of the molecule is C[C@H](Oc1ccc(F)cc1)C(=O)N[C@@H](C)c1ccc2c(c1)OCCO2. The second-order valence-electron chi connectivity index (χ2n) is 5.85. The molecule has 2 aromatic carbocycles. The molecule has 25 heavy (non-hydrogen) atoms. The molecule has 0 aliphatic carbocycles. The van der Waals surface area contributed by atoms with E-state index in [1.165, 1.54) is 24.3 Å². The molecule has 0 saturated heterocycles. The van der Waals surface area contributed by atoms with Crippen molar-refractivity contribution in [3.63, 3.8) is 0 Å². The number of rotatable bonds is 5. The van der Waals surface area contributed by atoms with Gasteiger partial charge < -0.3 is 19.5 Å². The Hall–Kier alpha value is -2.76. The number of fused-ring (bicyclic) bond motifs is 1. The second kappa shape index (κ2) is 7.42. The highest BCUT2D eigenvalue weighted by atomic mass is 19.1. The molecule has 0 radical (unpaired) electrons. The van der Waals surface area contributed by atoms with Gasteiger partial charge in [-0.25, -0.2) is 4.39 Å². The number of carbonyl (C=O) groups excluding carboxylic acids is 1. The minimum absolute atomic E-state index is 0.220. The highest BCUT2D eigenvalue weighted by molar-refractivity contribution is 5.81. The van der Waals surface area contributed by atoms with Crippen molar-refractivity contribution >= 4 is 5.91 Å². The molecule has 1 aliphatic heterocycles. The van der Waals surface area contributed by atoms with Crippen molar-refractivity contribution in [1.82, 2.24) is 5.32 Å². The fraction of sp³-hybridized carbons (Fsp3) is 0.316. The lowest BCUT2D eigenvalue weighted by atomic mass is 10.1. The predicted octanol–water partition coefficient (Wildman–Crippen LogP) is 3.24. The van der Waals surface area contributed by atoms with Crippen LogP contribution in [0.2, 0.25) is 0 Å². The van der Waals surface area contributed by atoms with E-state index in [4.69, 9.17) is 14.2 Å². The smallest absolute Gasteiger partial charge is 0.261 e. The van der Waals surface area contributed by atoms with Crippen molar-refractivity contribution < 1.29 is 23.4 Å². The first-order valence-electron chi connectivity index (χ1n) is 8.15. The molecule has 3 rings (SSSR count). The molecule has 1 heterocycles. The van der Waals surface area contributed by atoms with Crippen molar-refractivity contribution in [2.45, 2.75) is 26.0 Å². The van der Waals surface area contributed by atoms with E-state index in [0.29, 0.717) is 30.5 Å². The normalized spacial score (nSPS) is 15.2. The third kappa shape index (κ3) is 4.21. The second-order valence-corrected chi connectivity index (χ2v) is 5.85. The largest absolute Gasteiger partial charge is 0.486 e. The molecular weight excluding hydrogens is 325 g/mol. The topological polar surface area (TPSA) is 56.8 Å². The fourth-order valence-corrected chi connectivity index (χ4v) is 2.51. The minimum atomic E-state index is -0.704. The van der Waals surface area contributed by atoms with E-state index < -0.39 is 6.10 Å². The molecule has 0 aromatic heterocycles. The van der Waals surface area contributed by atoms with Crippen LogP contribution in [-0.4, -0.2) is 25.2 Å². The lowest BCUT2D eigenvalue weighted by molar-refractivity contribution is -0.127. The quantitative estimate of drug-likeness (QED) is 0.904. The van der Waals surface area contributed by atoms with Gasteiger partial charge in [0, 0.05) is 0 Å². The molecule has 5 nitrogen and oxygen atoms in total. The molecule has 1 N–H and O–H groups in total. The van der Waals surface area contributed by atoms with E-state index in [0.717, 1.165) is 5.56 Å². The van der Waals surface area contributed by atoms with Crippen LogP contribution in [0.3, 0.4) is 0 Å². The van der Waals surface area contributed by atoms with Gasteiger partial charge in [0.05, 0.1) is 6.04 Å². The number of hydrogen-bond acceptors (Lipinski definition) is 4. The van der Waals surface area contributed by atoms with Crippen LogP contribution in [0.4, 0.5) is 4.39 Å². The van der Waals surface area contributed by atoms with Crippen LogP contribution < -0.4 is 19.5 Å². The maximum Gasteiger partial charge on any atom is 0.261 e. The molecule has 2 aromatic rings. The Labute approximate surface area is 145 Å². The summed E-state index contributed by atoms with van der Waals surface area (Å²) in [7, 11) is 0. The lowest BCUT2D eigenvalue weighted by Crippen LogP contribution is -2.37. The van der Waals surface area contributed by atoms with Gasteiger partial charge in [0.25, 0.3) is 5.91 Å². The van der Waals surface area contributed by atoms with E-state index in [1.807, 2.05) is 25.1 Å². The number of amides is 1. The molecule has 0 unspecified atom stereocenters. The summed E-state index contributed by atoms with van der Waals surface area (Å²) < 4.78 is 29.5. The number of nitrogens with one attached hydrogen (secondary N) is 1. The Morgan fingerprint density at radius 3 is 2.48 bits per heavy atom. The van der Waals surface area contributed by atoms with Gasteiger partial charge in [-0.05, 0) is 55.8 Å². The van der Waals surface area contributed by atoms with Crippen molar-refractivity contribution in [1.29, 1.82) is 0 Å². The minimum Gasteiger partial charge on any atom is -0.486 e. The number of halogens is 1. The summed E-state index contributed by atoms with van der Waals surface area (Å²) in [6.45, 7) is 4.58. The third-order valence-electron chi connectivity index (χ3n) is 3.92. The predicted molar refractivity (Wildman–Crippen MR) is 90.5 cm³/mol. The first-order chi connectivity index (χ1) is 12.0. The molecule has 1 amide bonds. The number of ether oxygens (including phenoxy) is 3. The Morgan fingerprint density at radius 1 is 1.08 bits per heavy atom. The van der Waals surface area contributed by atoms with Gasteiger partial charge >= 0.3 is 0 Å². The van der Waals surface area contributed by atoms with E-state index in [9.17, 15) is 9.18 Å². The molecule has 1 aliphatic rings. The number of carbonyl (C=O) groups is 1. The average molecular weight is 345 g/mol. The highest BCUT2D eigenvalue weighted by Crippen LogP contribution is 2.32. The van der Waals surface area contributed by atoms with E-state index in [2.05, 4.69) is 5.32 Å². The molecule has 0 spiro atoms. The molecule has 0 fully saturated rings. The van der Waals surface area contributed by atoms with Gasteiger partial charge in [0.1, 0.15) is 24.8 Å². The van der Waals surface area contributed by atoms with Gasteiger partial charge in [-0.15, -0.1) is 0 Å². The van der Waals surface area contributed by atoms with Gasteiger partial charge in [0.15, 0.2) is 17.6 Å². The van der Waals surface area contributed by atoms with Crippen molar-refractivity contribution in [2.24, 2.45) is 0 Å². The van der Waals surface area contributed by atoms with Crippen molar-refractivity contribution in [3.8, 4) is 17.2 Å². The first kappa shape index (κ1) is 17.1. The Balaban J connectivity index is 1.60. The zero-order valence-corrected chi connectivity index (χ0v) is 14.1. The maximum absolute atomic E-state index is 12.9. The monoisotopic (exact) mass is 345 g/mol. The summed E-state index contributed by atoms with van der Waals surface area (Å²) in [5.74, 6) is 1.22. The summed E-state index contributed by atoms with van der Waals surface area (Å²) >= 11 is 0. The van der Waals surface area contributed by atoms with Crippen LogP contribution in [0.5, 0.6) is 17.2 Å². The summed E-state index contributed by atoms with van der Waals surface area (Å²) in [6, 6.07) is 10.9. The van der Waals surface area contributed by atoms with Gasteiger partial charge in [-0.3, -0.25) is 4.79 Å². The average Bonchev–Trinajstić information content (AvgIpc) is 2.63. The fourth-order valence-electron chi connectivity index (χ4n) is 2.51. The molecule has 2 atom stereocenters. The maximum atomic E-state index is 12.9. The number of benzene rings is 2. The van der Waals surface area contributed by atoms with Crippen LogP contribution >= 0.6 is 0 Å². The zero-order chi connectivity index (χ0) is 17.8. The van der Waals surface area contributed by atoms with E-state index >= 15 is 0 Å².